The van der Waals surface area contributed by atoms with E-state index in [1.54, 1.807) is 0 Å². The molecular weight excluding hydrogens is 244 g/mol. The molecule has 2 atom stereocenters. The Morgan fingerprint density at radius 2 is 2.13 bits per heavy atom. The lowest BCUT2D eigenvalue weighted by Crippen LogP contribution is -2.19. The van der Waals surface area contributed by atoms with Crippen LogP contribution in [0.15, 0.2) is 12.3 Å². The van der Waals surface area contributed by atoms with Crippen molar-refractivity contribution in [3.8, 4) is 0 Å². The molecule has 15 heavy (non-hydrogen) atoms. The largest absolute Gasteiger partial charge is 0.390 e. The van der Waals surface area contributed by atoms with Gasteiger partial charge in [0, 0.05) is 23.7 Å². The van der Waals surface area contributed by atoms with Crippen molar-refractivity contribution in [3.63, 3.8) is 0 Å². The van der Waals surface area contributed by atoms with Gasteiger partial charge in [0.05, 0.1) is 11.1 Å². The van der Waals surface area contributed by atoms with Crippen molar-refractivity contribution in [2.45, 2.75) is 18.6 Å². The van der Waals surface area contributed by atoms with Crippen molar-refractivity contribution >= 4 is 23.2 Å². The lowest BCUT2D eigenvalue weighted by Gasteiger charge is -2.17. The van der Waals surface area contributed by atoms with Crippen molar-refractivity contribution in [2.75, 3.05) is 5.88 Å². The quantitative estimate of drug-likeness (QED) is 0.637. The maximum atomic E-state index is 12.8. The summed E-state index contributed by atoms with van der Waals surface area (Å²) in [6, 6.07) is 0.991. The Bertz CT molecular complexity index is 338. The molecule has 1 rings (SSSR count). The summed E-state index contributed by atoms with van der Waals surface area (Å²) in [7, 11) is 0. The first kappa shape index (κ1) is 12.6. The Kier molecular flexibility index (Phi) is 4.73. The molecule has 1 aromatic rings. The van der Waals surface area contributed by atoms with Crippen LogP contribution in [0.4, 0.5) is 4.39 Å². The molecule has 3 nitrogen and oxygen atoms in total. The number of aliphatic hydroxyl groups excluding tert-OH is 2. The smallest absolute Gasteiger partial charge is 0.213 e. The molecule has 2 unspecified atom stereocenters. The lowest BCUT2D eigenvalue weighted by atomic mass is 10.0. The Morgan fingerprint density at radius 1 is 1.47 bits per heavy atom. The van der Waals surface area contributed by atoms with Gasteiger partial charge in [-0.2, -0.15) is 4.39 Å². The topological polar surface area (TPSA) is 53.4 Å². The number of nitrogens with zero attached hydrogens (tertiary/aromatic N) is 1. The molecule has 0 aliphatic carbocycles. The van der Waals surface area contributed by atoms with Gasteiger partial charge in [0.15, 0.2) is 0 Å². The average Bonchev–Trinajstić information content (AvgIpc) is 2.21. The lowest BCUT2D eigenvalue weighted by molar-refractivity contribution is 0.0168. The van der Waals surface area contributed by atoms with Gasteiger partial charge in [0.1, 0.15) is 6.10 Å². The summed E-state index contributed by atoms with van der Waals surface area (Å²) in [5.41, 5.74) is 0.113. The van der Waals surface area contributed by atoms with E-state index in [4.69, 9.17) is 23.2 Å². The highest BCUT2D eigenvalue weighted by molar-refractivity contribution is 6.31. The minimum Gasteiger partial charge on any atom is -0.390 e. The normalized spacial score (nSPS) is 15.0. The summed E-state index contributed by atoms with van der Waals surface area (Å²) in [5.74, 6) is -0.560. The molecular formula is C9H10Cl2FNO2. The summed E-state index contributed by atoms with van der Waals surface area (Å²) in [6.45, 7) is 0. The number of rotatable bonds is 4. The van der Waals surface area contributed by atoms with Crippen LogP contribution in [0.3, 0.4) is 0 Å². The molecule has 0 aliphatic heterocycles. The van der Waals surface area contributed by atoms with Gasteiger partial charge < -0.3 is 10.2 Å². The zero-order chi connectivity index (χ0) is 11.4. The zero-order valence-electron chi connectivity index (χ0n) is 7.70. The fourth-order valence-electron chi connectivity index (χ4n) is 1.13. The summed E-state index contributed by atoms with van der Waals surface area (Å²) >= 11 is 11.1. The van der Waals surface area contributed by atoms with Crippen LogP contribution in [0.25, 0.3) is 0 Å². The first-order chi connectivity index (χ1) is 7.06. The SMILES string of the molecule is OC(CCCl)C(O)c1cc(F)ncc1Cl. The number of hydrogen-bond acceptors (Lipinski definition) is 3. The van der Waals surface area contributed by atoms with Crippen LogP contribution in [-0.2, 0) is 0 Å². The molecule has 0 saturated carbocycles. The second-order valence-corrected chi connectivity index (χ2v) is 3.80. The van der Waals surface area contributed by atoms with Gasteiger partial charge in [-0.1, -0.05) is 11.6 Å². The number of pyridine rings is 1. The van der Waals surface area contributed by atoms with Crippen LogP contribution in [0.1, 0.15) is 18.1 Å². The molecule has 0 amide bonds. The number of aliphatic hydroxyl groups is 2. The maximum Gasteiger partial charge on any atom is 0.213 e. The molecule has 0 aliphatic rings. The molecule has 6 heteroatoms. The Morgan fingerprint density at radius 3 is 2.73 bits per heavy atom. The molecule has 0 radical (unpaired) electrons. The van der Waals surface area contributed by atoms with Gasteiger partial charge >= 0.3 is 0 Å². The standard InChI is InChI=1S/C9H10Cl2FNO2/c10-2-1-7(14)9(15)5-3-8(12)13-4-6(5)11/h3-4,7,9,14-15H,1-2H2. The van der Waals surface area contributed by atoms with Crippen molar-refractivity contribution in [3.05, 3.63) is 28.8 Å². The van der Waals surface area contributed by atoms with Crippen molar-refractivity contribution in [1.29, 1.82) is 0 Å². The molecule has 0 fully saturated rings. The van der Waals surface area contributed by atoms with E-state index >= 15 is 0 Å². The van der Waals surface area contributed by atoms with E-state index in [0.717, 1.165) is 12.3 Å². The third-order valence-corrected chi connectivity index (χ3v) is 2.47. The molecule has 0 spiro atoms. The van der Waals surface area contributed by atoms with Crippen molar-refractivity contribution in [1.82, 2.24) is 4.98 Å². The minimum absolute atomic E-state index is 0.109. The van der Waals surface area contributed by atoms with Crippen LogP contribution >= 0.6 is 23.2 Å². The minimum atomic E-state index is -1.26. The van der Waals surface area contributed by atoms with E-state index in [9.17, 15) is 14.6 Å². The fraction of sp³-hybridized carbons (Fsp3) is 0.444. The molecule has 0 aromatic carbocycles. The first-order valence-corrected chi connectivity index (χ1v) is 5.20. The highest BCUT2D eigenvalue weighted by Crippen LogP contribution is 2.26. The monoisotopic (exact) mass is 253 g/mol. The molecule has 2 N–H and O–H groups in total. The van der Waals surface area contributed by atoms with E-state index in [1.807, 2.05) is 0 Å². The average molecular weight is 254 g/mol. The van der Waals surface area contributed by atoms with Crippen molar-refractivity contribution < 1.29 is 14.6 Å². The third-order valence-electron chi connectivity index (χ3n) is 1.94. The number of alkyl halides is 1. The summed E-state index contributed by atoms with van der Waals surface area (Å²) in [4.78, 5) is 3.31. The van der Waals surface area contributed by atoms with Crippen LogP contribution in [-0.4, -0.2) is 27.2 Å². The van der Waals surface area contributed by atoms with Gasteiger partial charge in [-0.15, -0.1) is 11.6 Å². The zero-order valence-corrected chi connectivity index (χ0v) is 9.21. The van der Waals surface area contributed by atoms with Crippen LogP contribution in [0.5, 0.6) is 0 Å². The van der Waals surface area contributed by atoms with Gasteiger partial charge in [0.25, 0.3) is 0 Å². The molecule has 1 aromatic heterocycles. The highest BCUT2D eigenvalue weighted by atomic mass is 35.5. The molecule has 84 valence electrons. The van der Waals surface area contributed by atoms with Gasteiger partial charge in [-0.3, -0.25) is 0 Å². The first-order valence-electron chi connectivity index (χ1n) is 4.29. The van der Waals surface area contributed by atoms with E-state index in [2.05, 4.69) is 4.98 Å². The number of aromatic nitrogens is 1. The fourth-order valence-corrected chi connectivity index (χ4v) is 1.57. The van der Waals surface area contributed by atoms with Gasteiger partial charge in [-0.25, -0.2) is 4.98 Å². The number of hydrogen-bond donors (Lipinski definition) is 2. The molecule has 0 saturated heterocycles. The summed E-state index contributed by atoms with van der Waals surface area (Å²) in [6.07, 6.45) is -1.04. The van der Waals surface area contributed by atoms with E-state index in [-0.39, 0.29) is 22.9 Å². The highest BCUT2D eigenvalue weighted by Gasteiger charge is 2.21. The summed E-state index contributed by atoms with van der Waals surface area (Å²) < 4.78 is 12.8. The van der Waals surface area contributed by atoms with Crippen LogP contribution in [0, 0.1) is 5.95 Å². The Labute approximate surface area is 96.5 Å². The van der Waals surface area contributed by atoms with Gasteiger partial charge in [-0.05, 0) is 6.42 Å². The predicted octanol–water partition coefficient (Wildman–Crippen LogP) is 1.90. The molecule has 1 heterocycles. The van der Waals surface area contributed by atoms with E-state index < -0.39 is 18.2 Å². The third kappa shape index (κ3) is 3.28. The van der Waals surface area contributed by atoms with Crippen LogP contribution < -0.4 is 0 Å². The second kappa shape index (κ2) is 5.61. The maximum absolute atomic E-state index is 12.8. The Hall–Kier alpha value is -0.420. The predicted molar refractivity (Wildman–Crippen MR) is 55.5 cm³/mol. The van der Waals surface area contributed by atoms with E-state index in [1.165, 1.54) is 0 Å². The Balaban J connectivity index is 2.89. The van der Waals surface area contributed by atoms with Crippen molar-refractivity contribution in [2.24, 2.45) is 0 Å². The second-order valence-electron chi connectivity index (χ2n) is 3.02. The van der Waals surface area contributed by atoms with E-state index in [0.29, 0.717) is 0 Å². The number of halogens is 3. The van der Waals surface area contributed by atoms with Crippen LogP contribution in [0.2, 0.25) is 5.02 Å². The summed E-state index contributed by atoms with van der Waals surface area (Å²) in [5, 5.41) is 19.2. The molecule has 0 bridgehead atoms. The van der Waals surface area contributed by atoms with Gasteiger partial charge in [0.2, 0.25) is 5.95 Å².